The highest BCUT2D eigenvalue weighted by atomic mass is 32.2. The molecule has 3 amide bonds. The van der Waals surface area contributed by atoms with E-state index in [0.717, 1.165) is 10.8 Å². The van der Waals surface area contributed by atoms with Gasteiger partial charge >= 0.3 is 12.0 Å². The molecule has 0 radical (unpaired) electrons. The van der Waals surface area contributed by atoms with Gasteiger partial charge in [0.25, 0.3) is 5.91 Å². The first-order valence-corrected chi connectivity index (χ1v) is 8.49. The molecule has 0 bridgehead atoms. The third-order valence-electron chi connectivity index (χ3n) is 3.06. The topological polar surface area (TPSA) is 145 Å². The van der Waals surface area contributed by atoms with Crippen LogP contribution in [-0.4, -0.2) is 39.5 Å². The Labute approximate surface area is 143 Å². The number of hydrogen-bond donors (Lipinski definition) is 3. The van der Waals surface area contributed by atoms with Gasteiger partial charge in [-0.1, -0.05) is 30.3 Å². The smallest absolute Gasteiger partial charge is 0.321 e. The molecule has 2 aromatic carbocycles. The number of urea groups is 1. The van der Waals surface area contributed by atoms with Crippen LogP contribution in [0.4, 0.5) is 4.79 Å². The van der Waals surface area contributed by atoms with Crippen molar-refractivity contribution < 1.29 is 27.5 Å². The Balaban J connectivity index is 1.95. The van der Waals surface area contributed by atoms with Crippen LogP contribution in [0.25, 0.3) is 10.8 Å². The largest absolute Gasteiger partial charge is 0.455 e. The number of nitrogens with two attached hydrogens (primary N) is 1. The number of esters is 1. The van der Waals surface area contributed by atoms with Crippen LogP contribution in [0.5, 0.6) is 0 Å². The van der Waals surface area contributed by atoms with Gasteiger partial charge in [0, 0.05) is 0 Å². The minimum absolute atomic E-state index is 0.00882. The molecule has 0 atom stereocenters. The third-order valence-corrected chi connectivity index (χ3v) is 4.46. The lowest BCUT2D eigenvalue weighted by Crippen LogP contribution is -2.39. The zero-order valence-electron chi connectivity index (χ0n) is 12.9. The molecule has 9 nitrogen and oxygen atoms in total. The molecule has 2 rings (SSSR count). The summed E-state index contributed by atoms with van der Waals surface area (Å²) in [5.74, 6) is -1.90. The second-order valence-corrected chi connectivity index (χ2v) is 6.67. The molecule has 0 aliphatic carbocycles. The molecule has 0 spiro atoms. The molecule has 0 aromatic heterocycles. The van der Waals surface area contributed by atoms with Crippen LogP contribution in [0.2, 0.25) is 0 Å². The molecule has 10 heteroatoms. The first-order valence-electron chi connectivity index (χ1n) is 7.01. The molecule has 0 heterocycles. The number of hydrogen-bond acceptors (Lipinski definition) is 6. The second kappa shape index (κ2) is 7.73. The minimum Gasteiger partial charge on any atom is -0.455 e. The number of sulfonamides is 1. The summed E-state index contributed by atoms with van der Waals surface area (Å²) in [5, 5.41) is 3.31. The molecule has 0 unspecified atom stereocenters. The fourth-order valence-electron chi connectivity index (χ4n) is 1.94. The predicted octanol–water partition coefficient (Wildman–Crippen LogP) is -0.144. The van der Waals surface area contributed by atoms with Crippen LogP contribution in [0.15, 0.2) is 47.4 Å². The van der Waals surface area contributed by atoms with Gasteiger partial charge in [-0.2, -0.15) is 4.72 Å². The maximum atomic E-state index is 12.2. The van der Waals surface area contributed by atoms with Crippen LogP contribution in [0.1, 0.15) is 0 Å². The minimum atomic E-state index is -3.93. The third kappa shape index (κ3) is 5.26. The van der Waals surface area contributed by atoms with Gasteiger partial charge in [-0.05, 0) is 22.9 Å². The Kier molecular flexibility index (Phi) is 5.67. The van der Waals surface area contributed by atoms with Gasteiger partial charge in [-0.15, -0.1) is 0 Å². The van der Waals surface area contributed by atoms with Gasteiger partial charge in [0.1, 0.15) is 6.54 Å². The number of fused-ring (bicyclic) bond motifs is 1. The van der Waals surface area contributed by atoms with E-state index in [9.17, 15) is 22.8 Å². The highest BCUT2D eigenvalue weighted by molar-refractivity contribution is 7.89. The number of carbonyl (C=O) groups is 3. The number of amides is 3. The summed E-state index contributed by atoms with van der Waals surface area (Å²) in [6.45, 7) is -1.42. The summed E-state index contributed by atoms with van der Waals surface area (Å²) in [7, 11) is -3.93. The number of imide groups is 1. The lowest BCUT2D eigenvalue weighted by atomic mass is 10.1. The van der Waals surface area contributed by atoms with Crippen molar-refractivity contribution >= 4 is 38.7 Å². The molecule has 0 fully saturated rings. The monoisotopic (exact) mass is 365 g/mol. The summed E-state index contributed by atoms with van der Waals surface area (Å²) < 4.78 is 31.0. The fraction of sp³-hybridized carbons (Fsp3) is 0.133. The van der Waals surface area contributed by atoms with Crippen molar-refractivity contribution in [3.8, 4) is 0 Å². The van der Waals surface area contributed by atoms with E-state index < -0.39 is 41.1 Å². The second-order valence-electron chi connectivity index (χ2n) is 4.91. The number of rotatable bonds is 6. The molecule has 0 saturated heterocycles. The quantitative estimate of drug-likeness (QED) is 0.607. The Bertz CT molecular complexity index is 926. The highest BCUT2D eigenvalue weighted by Gasteiger charge is 2.17. The Hall–Kier alpha value is -2.98. The highest BCUT2D eigenvalue weighted by Crippen LogP contribution is 2.18. The molecule has 0 aliphatic rings. The van der Waals surface area contributed by atoms with Gasteiger partial charge in [0.15, 0.2) is 6.61 Å². The standard InChI is InChI=1S/C15H15N3O6S/c16-15(21)18-13(19)9-24-14(20)8-17-25(22,23)12-6-5-10-3-1-2-4-11(10)7-12/h1-7,17H,8-9H2,(H3,16,18,19,21). The summed E-state index contributed by atoms with van der Waals surface area (Å²) in [6, 6.07) is 10.7. The van der Waals surface area contributed by atoms with Crippen molar-refractivity contribution in [3.05, 3.63) is 42.5 Å². The Morgan fingerprint density at radius 1 is 1.04 bits per heavy atom. The van der Waals surface area contributed by atoms with Gasteiger partial charge in [0.2, 0.25) is 10.0 Å². The van der Waals surface area contributed by atoms with Crippen LogP contribution in [-0.2, 0) is 24.3 Å². The summed E-state index contributed by atoms with van der Waals surface area (Å²) >= 11 is 0. The van der Waals surface area contributed by atoms with Crippen molar-refractivity contribution in [2.75, 3.05) is 13.2 Å². The average molecular weight is 365 g/mol. The summed E-state index contributed by atoms with van der Waals surface area (Å²) in [4.78, 5) is 33.0. The van der Waals surface area contributed by atoms with Gasteiger partial charge in [0.05, 0.1) is 4.90 Å². The van der Waals surface area contributed by atoms with Gasteiger partial charge in [-0.25, -0.2) is 13.2 Å². The average Bonchev–Trinajstić information content (AvgIpc) is 2.57. The normalized spacial score (nSPS) is 11.0. The Morgan fingerprint density at radius 3 is 2.40 bits per heavy atom. The number of primary amides is 1. The van der Waals surface area contributed by atoms with Crippen LogP contribution in [0.3, 0.4) is 0 Å². The lowest BCUT2D eigenvalue weighted by molar-refractivity contribution is -0.147. The van der Waals surface area contributed by atoms with Gasteiger partial charge in [-0.3, -0.25) is 14.9 Å². The molecule has 4 N–H and O–H groups in total. The zero-order valence-corrected chi connectivity index (χ0v) is 13.7. The van der Waals surface area contributed by atoms with E-state index in [1.165, 1.54) is 12.1 Å². The maximum Gasteiger partial charge on any atom is 0.321 e. The van der Waals surface area contributed by atoms with E-state index >= 15 is 0 Å². The maximum absolute atomic E-state index is 12.2. The first kappa shape index (κ1) is 18.4. The van der Waals surface area contributed by atoms with Crippen molar-refractivity contribution in [1.29, 1.82) is 0 Å². The lowest BCUT2D eigenvalue weighted by Gasteiger charge is -2.08. The number of carbonyl (C=O) groups excluding carboxylic acids is 3. The van der Waals surface area contributed by atoms with E-state index in [1.807, 2.05) is 12.1 Å². The van der Waals surface area contributed by atoms with Crippen LogP contribution >= 0.6 is 0 Å². The van der Waals surface area contributed by atoms with Crippen molar-refractivity contribution in [2.24, 2.45) is 5.73 Å². The molecule has 132 valence electrons. The van der Waals surface area contributed by atoms with Crippen LogP contribution < -0.4 is 15.8 Å². The van der Waals surface area contributed by atoms with Crippen LogP contribution in [0, 0.1) is 0 Å². The molecular weight excluding hydrogens is 350 g/mol. The first-order chi connectivity index (χ1) is 11.8. The SMILES string of the molecule is NC(=O)NC(=O)COC(=O)CNS(=O)(=O)c1ccc2ccccc2c1. The van der Waals surface area contributed by atoms with E-state index in [4.69, 9.17) is 5.73 Å². The molecule has 0 aliphatic heterocycles. The molecule has 25 heavy (non-hydrogen) atoms. The Morgan fingerprint density at radius 2 is 1.72 bits per heavy atom. The fourth-order valence-corrected chi connectivity index (χ4v) is 2.95. The number of benzene rings is 2. The predicted molar refractivity (Wildman–Crippen MR) is 87.8 cm³/mol. The van der Waals surface area contributed by atoms with E-state index in [-0.39, 0.29) is 4.90 Å². The molecular formula is C15H15N3O6S. The number of nitrogens with one attached hydrogen (secondary N) is 2. The summed E-state index contributed by atoms with van der Waals surface area (Å²) in [5.41, 5.74) is 4.72. The van der Waals surface area contributed by atoms with Crippen molar-refractivity contribution in [2.45, 2.75) is 4.90 Å². The van der Waals surface area contributed by atoms with Crippen molar-refractivity contribution in [1.82, 2.24) is 10.0 Å². The van der Waals surface area contributed by atoms with Crippen molar-refractivity contribution in [3.63, 3.8) is 0 Å². The molecule has 2 aromatic rings. The van der Waals surface area contributed by atoms with Gasteiger partial charge < -0.3 is 10.5 Å². The van der Waals surface area contributed by atoms with E-state index in [2.05, 4.69) is 9.46 Å². The van der Waals surface area contributed by atoms with E-state index in [0.29, 0.717) is 0 Å². The number of ether oxygens (including phenoxy) is 1. The van der Waals surface area contributed by atoms with E-state index in [1.54, 1.807) is 23.5 Å². The zero-order chi connectivity index (χ0) is 18.4. The summed E-state index contributed by atoms with van der Waals surface area (Å²) in [6.07, 6.45) is 0. The molecule has 0 saturated carbocycles.